The maximum atomic E-state index is 13.0. The lowest BCUT2D eigenvalue weighted by Crippen LogP contribution is -1.94. The number of halogens is 2. The molecule has 3 aromatic rings. The molecule has 2 heterocycles. The highest BCUT2D eigenvalue weighted by atomic mass is 35.7. The van der Waals surface area contributed by atoms with Crippen molar-refractivity contribution in [3.63, 3.8) is 0 Å². The van der Waals surface area contributed by atoms with E-state index in [1.54, 1.807) is 13.8 Å². The van der Waals surface area contributed by atoms with Crippen molar-refractivity contribution in [2.24, 2.45) is 0 Å². The number of hydrogen-bond donors (Lipinski definition) is 1. The van der Waals surface area contributed by atoms with E-state index in [1.807, 2.05) is 0 Å². The number of benzene rings is 1. The van der Waals surface area contributed by atoms with Crippen LogP contribution in [0.15, 0.2) is 33.6 Å². The van der Waals surface area contributed by atoms with Crippen LogP contribution in [0, 0.1) is 19.7 Å². The molecule has 0 atom stereocenters. The largest absolute Gasteiger partial charge is 0.416 e. The molecule has 0 fully saturated rings. The average Bonchev–Trinajstić information content (AvgIpc) is 3.03. The number of aromatic amines is 1. The fourth-order valence-corrected chi connectivity index (χ4v) is 3.83. The van der Waals surface area contributed by atoms with Gasteiger partial charge in [0, 0.05) is 27.6 Å². The molecule has 9 heteroatoms. The van der Waals surface area contributed by atoms with Crippen LogP contribution in [0.3, 0.4) is 0 Å². The Morgan fingerprint density at radius 3 is 2.30 bits per heavy atom. The van der Waals surface area contributed by atoms with Crippen LogP contribution in [0.5, 0.6) is 0 Å². The van der Waals surface area contributed by atoms with E-state index in [9.17, 15) is 12.8 Å². The minimum absolute atomic E-state index is 0.0189. The Morgan fingerprint density at radius 2 is 1.70 bits per heavy atom. The molecule has 120 valence electrons. The smallest absolute Gasteiger partial charge is 0.263 e. The van der Waals surface area contributed by atoms with Crippen LogP contribution in [0.25, 0.3) is 22.9 Å². The summed E-state index contributed by atoms with van der Waals surface area (Å²) in [6.07, 6.45) is 0. The first-order chi connectivity index (χ1) is 10.8. The van der Waals surface area contributed by atoms with Crippen LogP contribution in [-0.2, 0) is 9.05 Å². The number of aryl methyl sites for hydroxylation is 2. The Kier molecular flexibility index (Phi) is 3.73. The van der Waals surface area contributed by atoms with Gasteiger partial charge in [-0.2, -0.15) is 0 Å². The molecule has 3 rings (SSSR count). The van der Waals surface area contributed by atoms with Gasteiger partial charge in [-0.25, -0.2) is 12.8 Å². The lowest BCUT2D eigenvalue weighted by atomic mass is 10.2. The van der Waals surface area contributed by atoms with E-state index in [-0.39, 0.29) is 28.1 Å². The van der Waals surface area contributed by atoms with Gasteiger partial charge in [0.25, 0.3) is 14.9 Å². The van der Waals surface area contributed by atoms with Crippen LogP contribution in [0.2, 0.25) is 0 Å². The van der Waals surface area contributed by atoms with Crippen LogP contribution >= 0.6 is 10.7 Å². The van der Waals surface area contributed by atoms with E-state index in [2.05, 4.69) is 15.2 Å². The van der Waals surface area contributed by atoms with Gasteiger partial charge < -0.3 is 9.40 Å². The summed E-state index contributed by atoms with van der Waals surface area (Å²) in [5, 5.41) is 7.76. The van der Waals surface area contributed by atoms with Crippen molar-refractivity contribution in [3.05, 3.63) is 41.5 Å². The van der Waals surface area contributed by atoms with Crippen LogP contribution in [0.1, 0.15) is 11.4 Å². The van der Waals surface area contributed by atoms with Gasteiger partial charge in [0.2, 0.25) is 5.89 Å². The number of rotatable bonds is 3. The third-order valence-electron chi connectivity index (χ3n) is 3.29. The lowest BCUT2D eigenvalue weighted by molar-refractivity contribution is 0.580. The molecular formula is C14H11ClFN3O3S. The predicted octanol–water partition coefficient (Wildman–Crippen LogP) is 3.42. The molecular weight excluding hydrogens is 345 g/mol. The molecule has 23 heavy (non-hydrogen) atoms. The summed E-state index contributed by atoms with van der Waals surface area (Å²) in [7, 11) is 1.51. The first-order valence-electron chi connectivity index (χ1n) is 6.51. The third-order valence-corrected chi connectivity index (χ3v) is 4.75. The van der Waals surface area contributed by atoms with Crippen molar-refractivity contribution in [2.75, 3.05) is 0 Å². The maximum Gasteiger partial charge on any atom is 0.263 e. The van der Waals surface area contributed by atoms with Gasteiger partial charge in [-0.05, 0) is 38.1 Å². The van der Waals surface area contributed by atoms with Crippen molar-refractivity contribution in [3.8, 4) is 22.9 Å². The van der Waals surface area contributed by atoms with Crippen molar-refractivity contribution in [1.82, 2.24) is 15.2 Å². The van der Waals surface area contributed by atoms with E-state index < -0.39 is 9.05 Å². The van der Waals surface area contributed by atoms with Gasteiger partial charge in [-0.15, -0.1) is 10.2 Å². The number of nitrogens with one attached hydrogen (secondary N) is 1. The first kappa shape index (κ1) is 15.7. The Labute approximate surface area is 135 Å². The molecule has 0 unspecified atom stereocenters. The quantitative estimate of drug-likeness (QED) is 0.727. The van der Waals surface area contributed by atoms with Crippen molar-refractivity contribution < 1.29 is 17.2 Å². The Morgan fingerprint density at radius 1 is 1.09 bits per heavy atom. The van der Waals surface area contributed by atoms with Crippen LogP contribution < -0.4 is 0 Å². The second-order valence-electron chi connectivity index (χ2n) is 4.94. The summed E-state index contributed by atoms with van der Waals surface area (Å²) < 4.78 is 42.1. The molecule has 2 aromatic heterocycles. The van der Waals surface area contributed by atoms with Crippen molar-refractivity contribution >= 4 is 19.7 Å². The summed E-state index contributed by atoms with van der Waals surface area (Å²) in [6.45, 7) is 3.26. The molecule has 0 bridgehead atoms. The lowest BCUT2D eigenvalue weighted by Gasteiger charge is -1.98. The van der Waals surface area contributed by atoms with Gasteiger partial charge in [0.05, 0.1) is 5.56 Å². The molecule has 0 aliphatic heterocycles. The summed E-state index contributed by atoms with van der Waals surface area (Å²) in [4.78, 5) is 2.80. The fraction of sp³-hybridized carbons (Fsp3) is 0.143. The SMILES string of the molecule is Cc1[nH]c(C)c(S(=O)(=O)Cl)c1-c1nnc(-c2ccc(F)cc2)o1. The molecule has 6 nitrogen and oxygen atoms in total. The maximum absolute atomic E-state index is 13.0. The van der Waals surface area contributed by atoms with E-state index in [4.69, 9.17) is 15.1 Å². The Balaban J connectivity index is 2.13. The van der Waals surface area contributed by atoms with Crippen molar-refractivity contribution in [2.45, 2.75) is 18.7 Å². The standard InChI is InChI=1S/C14H11ClFN3O3S/c1-7-11(12(8(2)17-7)23(15,20)21)14-19-18-13(22-14)9-3-5-10(16)6-4-9/h3-6,17H,1-2H3. The zero-order valence-electron chi connectivity index (χ0n) is 12.1. The third kappa shape index (κ3) is 2.87. The Hall–Kier alpha value is -2.19. The van der Waals surface area contributed by atoms with E-state index in [1.165, 1.54) is 24.3 Å². The average molecular weight is 356 g/mol. The van der Waals surface area contributed by atoms with Crippen LogP contribution in [-0.4, -0.2) is 23.6 Å². The number of aromatic nitrogens is 3. The fourth-order valence-electron chi connectivity index (χ4n) is 2.35. The monoisotopic (exact) mass is 355 g/mol. The highest BCUT2D eigenvalue weighted by molar-refractivity contribution is 8.13. The summed E-state index contributed by atoms with van der Waals surface area (Å²) in [6, 6.07) is 5.50. The van der Waals surface area contributed by atoms with Gasteiger partial charge in [-0.3, -0.25) is 0 Å². The predicted molar refractivity (Wildman–Crippen MR) is 82.0 cm³/mol. The number of H-pyrrole nitrogens is 1. The number of nitrogens with zero attached hydrogens (tertiary/aromatic N) is 2. The van der Waals surface area contributed by atoms with Gasteiger partial charge in [0.1, 0.15) is 10.7 Å². The van der Waals surface area contributed by atoms with Gasteiger partial charge in [0.15, 0.2) is 0 Å². The zero-order valence-corrected chi connectivity index (χ0v) is 13.7. The summed E-state index contributed by atoms with van der Waals surface area (Å²) >= 11 is 0. The second-order valence-corrected chi connectivity index (χ2v) is 7.44. The van der Waals surface area contributed by atoms with Gasteiger partial charge in [-0.1, -0.05) is 0 Å². The molecule has 0 aliphatic rings. The molecule has 1 aromatic carbocycles. The molecule has 0 aliphatic carbocycles. The molecule has 0 amide bonds. The van der Waals surface area contributed by atoms with Crippen LogP contribution in [0.4, 0.5) is 4.39 Å². The van der Waals surface area contributed by atoms with E-state index in [0.29, 0.717) is 17.0 Å². The van der Waals surface area contributed by atoms with Crippen molar-refractivity contribution in [1.29, 1.82) is 0 Å². The van der Waals surface area contributed by atoms with E-state index >= 15 is 0 Å². The summed E-state index contributed by atoms with van der Waals surface area (Å²) in [5.74, 6) is -0.220. The molecule has 1 N–H and O–H groups in total. The molecule has 0 saturated heterocycles. The molecule has 0 saturated carbocycles. The number of hydrogen-bond acceptors (Lipinski definition) is 5. The second kappa shape index (κ2) is 5.47. The molecule has 0 radical (unpaired) electrons. The highest BCUT2D eigenvalue weighted by Gasteiger charge is 2.27. The normalized spacial score (nSPS) is 11.8. The van der Waals surface area contributed by atoms with E-state index in [0.717, 1.165) is 0 Å². The topological polar surface area (TPSA) is 88.9 Å². The van der Waals surface area contributed by atoms with Gasteiger partial charge >= 0.3 is 0 Å². The molecule has 0 spiro atoms. The minimum atomic E-state index is -3.99. The Bertz CT molecular complexity index is 977. The first-order valence-corrected chi connectivity index (χ1v) is 8.82. The minimum Gasteiger partial charge on any atom is -0.416 e. The highest BCUT2D eigenvalue weighted by Crippen LogP contribution is 2.35. The zero-order chi connectivity index (χ0) is 16.8. The summed E-state index contributed by atoms with van der Waals surface area (Å²) in [5.41, 5.74) is 1.67.